The molecule has 0 amide bonds. The molecule has 0 unspecified atom stereocenters. The van der Waals surface area contributed by atoms with Gasteiger partial charge in [-0.2, -0.15) is 0 Å². The molecule has 17 heavy (non-hydrogen) atoms. The largest absolute Gasteiger partial charge is 0.543 e. The van der Waals surface area contributed by atoms with Crippen molar-refractivity contribution >= 4 is 8.32 Å². The van der Waals surface area contributed by atoms with Crippen molar-refractivity contribution in [1.29, 1.82) is 0 Å². The van der Waals surface area contributed by atoms with Gasteiger partial charge < -0.3 is 9.53 Å². The fourth-order valence-electron chi connectivity index (χ4n) is 1.18. The Kier molecular flexibility index (Phi) is 3.99. The molecule has 1 rings (SSSR count). The van der Waals surface area contributed by atoms with Crippen LogP contribution in [0, 0.1) is 5.82 Å². The summed E-state index contributed by atoms with van der Waals surface area (Å²) in [5.74, 6) is 0.134. The van der Waals surface area contributed by atoms with Gasteiger partial charge in [0.1, 0.15) is 11.6 Å². The highest BCUT2D eigenvalue weighted by Gasteiger charge is 2.39. The molecule has 4 heteroatoms. The van der Waals surface area contributed by atoms with Crippen LogP contribution in [0.3, 0.4) is 0 Å². The number of aliphatic hydroxyl groups is 1. The van der Waals surface area contributed by atoms with Crippen molar-refractivity contribution < 1.29 is 13.9 Å². The number of hydrogen-bond donors (Lipinski definition) is 1. The van der Waals surface area contributed by atoms with Gasteiger partial charge in [-0.25, -0.2) is 4.39 Å². The van der Waals surface area contributed by atoms with Crippen molar-refractivity contribution in [1.82, 2.24) is 0 Å². The zero-order valence-electron chi connectivity index (χ0n) is 11.2. The summed E-state index contributed by atoms with van der Waals surface area (Å²) in [6.07, 6.45) is 0. The van der Waals surface area contributed by atoms with E-state index < -0.39 is 8.32 Å². The predicted molar refractivity (Wildman–Crippen MR) is 70.1 cm³/mol. The molecule has 0 fully saturated rings. The fourth-order valence-corrected chi connectivity index (χ4v) is 2.23. The second kappa shape index (κ2) is 4.78. The molecule has 0 saturated heterocycles. The van der Waals surface area contributed by atoms with E-state index in [4.69, 9.17) is 4.43 Å². The van der Waals surface area contributed by atoms with Crippen molar-refractivity contribution in [3.63, 3.8) is 0 Å². The maximum absolute atomic E-state index is 13.2. The van der Waals surface area contributed by atoms with Gasteiger partial charge >= 0.3 is 0 Å². The molecule has 0 aliphatic carbocycles. The third-order valence-electron chi connectivity index (χ3n) is 3.37. The van der Waals surface area contributed by atoms with Crippen molar-refractivity contribution in [3.8, 4) is 5.75 Å². The SMILES string of the molecule is CC(C)(C)[Si](C)(C)Oc1cc(F)ccc1CO. The van der Waals surface area contributed by atoms with Crippen LogP contribution in [0.5, 0.6) is 5.75 Å². The van der Waals surface area contributed by atoms with Gasteiger partial charge in [0.15, 0.2) is 0 Å². The second-order valence-electron chi connectivity index (χ2n) is 5.77. The summed E-state index contributed by atoms with van der Waals surface area (Å²) in [6.45, 7) is 10.4. The molecule has 1 aromatic rings. The minimum Gasteiger partial charge on any atom is -0.543 e. The lowest BCUT2D eigenvalue weighted by molar-refractivity contribution is 0.277. The van der Waals surface area contributed by atoms with E-state index in [9.17, 15) is 9.50 Å². The van der Waals surface area contributed by atoms with E-state index in [0.717, 1.165) is 0 Å². The molecule has 0 radical (unpaired) electrons. The van der Waals surface area contributed by atoms with Crippen LogP contribution in [0.4, 0.5) is 4.39 Å². The van der Waals surface area contributed by atoms with E-state index in [1.807, 2.05) is 0 Å². The Morgan fingerprint density at radius 2 is 1.88 bits per heavy atom. The van der Waals surface area contributed by atoms with Crippen LogP contribution >= 0.6 is 0 Å². The van der Waals surface area contributed by atoms with Crippen LogP contribution in [0.2, 0.25) is 18.1 Å². The molecule has 96 valence electrons. The third-order valence-corrected chi connectivity index (χ3v) is 7.71. The van der Waals surface area contributed by atoms with Crippen molar-refractivity contribution in [2.75, 3.05) is 0 Å². The highest BCUT2D eigenvalue weighted by molar-refractivity contribution is 6.74. The van der Waals surface area contributed by atoms with E-state index in [-0.39, 0.29) is 17.5 Å². The lowest BCUT2D eigenvalue weighted by atomic mass is 10.2. The Morgan fingerprint density at radius 1 is 1.29 bits per heavy atom. The first-order chi connectivity index (χ1) is 7.67. The lowest BCUT2D eigenvalue weighted by Gasteiger charge is -2.37. The summed E-state index contributed by atoms with van der Waals surface area (Å²) in [5.41, 5.74) is 0.635. The topological polar surface area (TPSA) is 29.5 Å². The standard InChI is InChI=1S/C13H21FO2Si/c1-13(2,3)17(4,5)16-12-8-11(14)7-6-10(12)9-15/h6-8,15H,9H2,1-5H3. The molecule has 1 N–H and O–H groups in total. The van der Waals surface area contributed by atoms with Gasteiger partial charge in [-0.15, -0.1) is 0 Å². The zero-order valence-corrected chi connectivity index (χ0v) is 12.2. The molecule has 0 aliphatic heterocycles. The molecule has 1 aromatic carbocycles. The molecule has 0 spiro atoms. The summed E-state index contributed by atoms with van der Waals surface area (Å²) in [6, 6.07) is 4.26. The number of aliphatic hydroxyl groups excluding tert-OH is 1. The van der Waals surface area contributed by atoms with Crippen LogP contribution in [-0.2, 0) is 6.61 Å². The van der Waals surface area contributed by atoms with Gasteiger partial charge in [0.2, 0.25) is 8.32 Å². The Balaban J connectivity index is 3.06. The van der Waals surface area contributed by atoms with Gasteiger partial charge in [0, 0.05) is 11.6 Å². The minimum atomic E-state index is -1.99. The third kappa shape index (κ3) is 3.29. The molecule has 2 nitrogen and oxygen atoms in total. The van der Waals surface area contributed by atoms with E-state index >= 15 is 0 Å². The quantitative estimate of drug-likeness (QED) is 0.836. The Morgan fingerprint density at radius 3 is 2.35 bits per heavy atom. The Hall–Kier alpha value is -0.873. The van der Waals surface area contributed by atoms with Crippen molar-refractivity contribution in [2.45, 2.75) is 45.5 Å². The van der Waals surface area contributed by atoms with Crippen LogP contribution in [-0.4, -0.2) is 13.4 Å². The first-order valence-corrected chi connectivity index (χ1v) is 8.66. The van der Waals surface area contributed by atoms with Gasteiger partial charge in [-0.3, -0.25) is 0 Å². The highest BCUT2D eigenvalue weighted by Crippen LogP contribution is 2.38. The van der Waals surface area contributed by atoms with Gasteiger partial charge in [0.25, 0.3) is 0 Å². The smallest absolute Gasteiger partial charge is 0.250 e. The average Bonchev–Trinajstić information content (AvgIpc) is 2.15. The van der Waals surface area contributed by atoms with Gasteiger partial charge in [-0.1, -0.05) is 26.8 Å². The normalized spacial score (nSPS) is 12.6. The monoisotopic (exact) mass is 256 g/mol. The summed E-state index contributed by atoms with van der Waals surface area (Å²) in [4.78, 5) is 0. The fraction of sp³-hybridized carbons (Fsp3) is 0.538. The van der Waals surface area contributed by atoms with E-state index in [1.165, 1.54) is 12.1 Å². The second-order valence-corrected chi connectivity index (χ2v) is 10.5. The Labute approximate surface area is 104 Å². The van der Waals surface area contributed by atoms with Crippen molar-refractivity contribution in [3.05, 3.63) is 29.6 Å². The summed E-state index contributed by atoms with van der Waals surface area (Å²) >= 11 is 0. The molecule has 0 bridgehead atoms. The Bertz CT molecular complexity index is 397. The molecular weight excluding hydrogens is 235 g/mol. The first kappa shape index (κ1) is 14.2. The van der Waals surface area contributed by atoms with E-state index in [1.54, 1.807) is 6.07 Å². The van der Waals surface area contributed by atoms with Crippen LogP contribution in [0.1, 0.15) is 26.3 Å². The molecule has 0 saturated carbocycles. The summed E-state index contributed by atoms with van der Waals surface area (Å²) in [7, 11) is -1.99. The van der Waals surface area contributed by atoms with E-state index in [2.05, 4.69) is 33.9 Å². The molecule has 0 aromatic heterocycles. The van der Waals surface area contributed by atoms with Crippen molar-refractivity contribution in [2.24, 2.45) is 0 Å². The maximum atomic E-state index is 13.2. The minimum absolute atomic E-state index is 0.0477. The number of halogens is 1. The molecule has 0 aliphatic rings. The van der Waals surface area contributed by atoms with Gasteiger partial charge in [0.05, 0.1) is 6.61 Å². The average molecular weight is 256 g/mol. The lowest BCUT2D eigenvalue weighted by Crippen LogP contribution is -2.44. The number of benzene rings is 1. The summed E-state index contributed by atoms with van der Waals surface area (Å²) < 4.78 is 19.2. The highest BCUT2D eigenvalue weighted by atomic mass is 28.4. The summed E-state index contributed by atoms with van der Waals surface area (Å²) in [5, 5.41) is 9.27. The zero-order chi connectivity index (χ0) is 13.3. The predicted octanol–water partition coefficient (Wildman–Crippen LogP) is 3.70. The van der Waals surface area contributed by atoms with Crippen LogP contribution in [0.25, 0.3) is 0 Å². The van der Waals surface area contributed by atoms with Gasteiger partial charge in [-0.05, 0) is 24.2 Å². The first-order valence-electron chi connectivity index (χ1n) is 5.76. The maximum Gasteiger partial charge on any atom is 0.250 e. The molecule has 0 heterocycles. The molecule has 0 atom stereocenters. The number of rotatable bonds is 3. The number of hydrogen-bond acceptors (Lipinski definition) is 2. The van der Waals surface area contributed by atoms with Crippen LogP contribution in [0.15, 0.2) is 18.2 Å². The van der Waals surface area contributed by atoms with E-state index in [0.29, 0.717) is 11.3 Å². The molecular formula is C13H21FO2Si. The van der Waals surface area contributed by atoms with Crippen LogP contribution < -0.4 is 4.43 Å².